The van der Waals surface area contributed by atoms with Crippen LogP contribution in [0.25, 0.3) is 0 Å². The van der Waals surface area contributed by atoms with E-state index >= 15 is 0 Å². The first-order chi connectivity index (χ1) is 10.3. The average Bonchev–Trinajstić information content (AvgIpc) is 2.57. The van der Waals surface area contributed by atoms with Gasteiger partial charge in [-0.15, -0.1) is 0 Å². The molecule has 0 aliphatic carbocycles. The Kier molecular flexibility index (Phi) is 4.93. The van der Waals surface area contributed by atoms with Gasteiger partial charge in [0.25, 0.3) is 0 Å². The van der Waals surface area contributed by atoms with Gasteiger partial charge in [-0.2, -0.15) is 0 Å². The van der Waals surface area contributed by atoms with Gasteiger partial charge in [-0.1, -0.05) is 0 Å². The van der Waals surface area contributed by atoms with Crippen LogP contribution in [0.15, 0.2) is 18.3 Å². The summed E-state index contributed by atoms with van der Waals surface area (Å²) < 4.78 is 10.8. The maximum absolute atomic E-state index is 5.43. The molecule has 0 saturated carbocycles. The number of aromatic nitrogens is 1. The second kappa shape index (κ2) is 7.09. The van der Waals surface area contributed by atoms with Gasteiger partial charge in [0.15, 0.2) is 0 Å². The summed E-state index contributed by atoms with van der Waals surface area (Å²) in [4.78, 5) is 6.86. The number of rotatable bonds is 4. The third-order valence-corrected chi connectivity index (χ3v) is 4.45. The molecule has 0 radical (unpaired) electrons. The highest BCUT2D eigenvalue weighted by molar-refractivity contribution is 5.49. The highest BCUT2D eigenvalue weighted by atomic mass is 16.5. The fourth-order valence-electron chi connectivity index (χ4n) is 3.05. The molecule has 116 valence electrons. The molecule has 1 aromatic heterocycles. The van der Waals surface area contributed by atoms with Crippen molar-refractivity contribution in [2.45, 2.75) is 25.8 Å². The van der Waals surface area contributed by atoms with Crippen LogP contribution in [0.3, 0.4) is 0 Å². The number of hydrogen-bond donors (Lipinski definition) is 1. The van der Waals surface area contributed by atoms with E-state index in [0.717, 1.165) is 63.9 Å². The number of nitrogens with one attached hydrogen (secondary N) is 1. The molecular weight excluding hydrogens is 266 g/mol. The first-order valence-electron chi connectivity index (χ1n) is 7.96. The van der Waals surface area contributed by atoms with Gasteiger partial charge in [-0.05, 0) is 37.8 Å². The van der Waals surface area contributed by atoms with Crippen LogP contribution in [0.1, 0.15) is 19.8 Å². The largest absolute Gasteiger partial charge is 0.381 e. The molecule has 0 amide bonds. The van der Waals surface area contributed by atoms with Gasteiger partial charge in [0.1, 0.15) is 5.82 Å². The Labute approximate surface area is 126 Å². The van der Waals surface area contributed by atoms with Gasteiger partial charge in [-0.3, -0.25) is 0 Å². The highest BCUT2D eigenvalue weighted by Crippen LogP contribution is 2.22. The normalized spacial score (nSPS) is 22.0. The fourth-order valence-corrected chi connectivity index (χ4v) is 3.05. The lowest BCUT2D eigenvalue weighted by molar-refractivity contribution is 0.0622. The van der Waals surface area contributed by atoms with Crippen LogP contribution in [-0.2, 0) is 9.47 Å². The van der Waals surface area contributed by atoms with Crippen LogP contribution < -0.4 is 10.2 Å². The second-order valence-corrected chi connectivity index (χ2v) is 5.89. The molecule has 5 heteroatoms. The van der Waals surface area contributed by atoms with Crippen LogP contribution >= 0.6 is 0 Å². The van der Waals surface area contributed by atoms with Crippen molar-refractivity contribution in [3.63, 3.8) is 0 Å². The summed E-state index contributed by atoms with van der Waals surface area (Å²) in [6.07, 6.45) is 4.24. The van der Waals surface area contributed by atoms with Crippen molar-refractivity contribution >= 4 is 11.5 Å². The molecule has 2 aliphatic rings. The lowest BCUT2D eigenvalue weighted by Gasteiger charge is -2.30. The van der Waals surface area contributed by atoms with Gasteiger partial charge in [0.05, 0.1) is 25.1 Å². The van der Waals surface area contributed by atoms with E-state index in [4.69, 9.17) is 9.47 Å². The molecule has 0 unspecified atom stereocenters. The molecule has 1 atom stereocenters. The predicted molar refractivity (Wildman–Crippen MR) is 83.9 cm³/mol. The quantitative estimate of drug-likeness (QED) is 0.921. The van der Waals surface area contributed by atoms with Crippen LogP contribution in [0.2, 0.25) is 0 Å². The first-order valence-corrected chi connectivity index (χ1v) is 7.96. The number of morpholine rings is 1. The fraction of sp³-hybridized carbons (Fsp3) is 0.688. The zero-order valence-corrected chi connectivity index (χ0v) is 12.8. The molecule has 1 aromatic rings. The number of pyridine rings is 1. The summed E-state index contributed by atoms with van der Waals surface area (Å²) >= 11 is 0. The minimum Gasteiger partial charge on any atom is -0.381 e. The number of nitrogens with zero attached hydrogens (tertiary/aromatic N) is 2. The third-order valence-electron chi connectivity index (χ3n) is 4.45. The maximum atomic E-state index is 5.43. The smallest absolute Gasteiger partial charge is 0.128 e. The Morgan fingerprint density at radius 2 is 1.86 bits per heavy atom. The first kappa shape index (κ1) is 14.6. The van der Waals surface area contributed by atoms with Gasteiger partial charge in [-0.25, -0.2) is 4.98 Å². The zero-order valence-electron chi connectivity index (χ0n) is 12.8. The van der Waals surface area contributed by atoms with E-state index in [1.807, 2.05) is 6.20 Å². The number of anilines is 2. The molecule has 5 nitrogen and oxygen atoms in total. The van der Waals surface area contributed by atoms with E-state index in [1.54, 1.807) is 0 Å². The summed E-state index contributed by atoms with van der Waals surface area (Å²) in [5.74, 6) is 1.74. The highest BCUT2D eigenvalue weighted by Gasteiger charge is 2.20. The van der Waals surface area contributed by atoms with E-state index in [2.05, 4.69) is 34.3 Å². The van der Waals surface area contributed by atoms with Gasteiger partial charge in [0, 0.05) is 32.3 Å². The Morgan fingerprint density at radius 1 is 1.14 bits per heavy atom. The van der Waals surface area contributed by atoms with E-state index in [0.29, 0.717) is 12.0 Å². The topological polar surface area (TPSA) is 46.6 Å². The van der Waals surface area contributed by atoms with Gasteiger partial charge < -0.3 is 19.7 Å². The molecule has 2 fully saturated rings. The third kappa shape index (κ3) is 3.86. The van der Waals surface area contributed by atoms with Crippen molar-refractivity contribution in [3.8, 4) is 0 Å². The van der Waals surface area contributed by atoms with Crippen molar-refractivity contribution in [1.82, 2.24) is 4.98 Å². The van der Waals surface area contributed by atoms with Crippen molar-refractivity contribution < 1.29 is 9.47 Å². The van der Waals surface area contributed by atoms with Gasteiger partial charge >= 0.3 is 0 Å². The molecule has 1 N–H and O–H groups in total. The molecule has 2 saturated heterocycles. The molecule has 0 bridgehead atoms. The number of ether oxygens (including phenoxy) is 2. The summed E-state index contributed by atoms with van der Waals surface area (Å²) in [7, 11) is 0. The van der Waals surface area contributed by atoms with Crippen molar-refractivity contribution in [1.29, 1.82) is 0 Å². The van der Waals surface area contributed by atoms with Crippen molar-refractivity contribution in [3.05, 3.63) is 18.3 Å². The summed E-state index contributed by atoms with van der Waals surface area (Å²) in [5, 5.41) is 3.58. The molecular formula is C16H25N3O2. The van der Waals surface area contributed by atoms with Crippen molar-refractivity contribution in [2.75, 3.05) is 49.7 Å². The lowest BCUT2D eigenvalue weighted by atomic mass is 9.93. The lowest BCUT2D eigenvalue weighted by Crippen LogP contribution is -2.36. The minimum atomic E-state index is 0.463. The zero-order chi connectivity index (χ0) is 14.5. The van der Waals surface area contributed by atoms with Crippen molar-refractivity contribution in [2.24, 2.45) is 5.92 Å². The Hall–Kier alpha value is -1.33. The van der Waals surface area contributed by atoms with Crippen LogP contribution in [-0.4, -0.2) is 50.5 Å². The summed E-state index contributed by atoms with van der Waals surface area (Å²) in [6, 6.07) is 4.70. The summed E-state index contributed by atoms with van der Waals surface area (Å²) in [5.41, 5.74) is 1.10. The second-order valence-electron chi connectivity index (χ2n) is 5.89. The number of hydrogen-bond acceptors (Lipinski definition) is 5. The molecule has 21 heavy (non-hydrogen) atoms. The van der Waals surface area contributed by atoms with E-state index in [1.165, 1.54) is 0 Å². The summed E-state index contributed by atoms with van der Waals surface area (Å²) in [6.45, 7) is 7.49. The molecule has 0 spiro atoms. The van der Waals surface area contributed by atoms with E-state index in [-0.39, 0.29) is 0 Å². The van der Waals surface area contributed by atoms with E-state index in [9.17, 15) is 0 Å². The SMILES string of the molecule is C[C@@H](Nc1ccc(N2CCOCC2)nc1)C1CCOCC1. The predicted octanol–water partition coefficient (Wildman–Crippen LogP) is 2.15. The Morgan fingerprint density at radius 3 is 2.52 bits per heavy atom. The molecule has 0 aromatic carbocycles. The molecule has 2 aliphatic heterocycles. The maximum Gasteiger partial charge on any atom is 0.128 e. The van der Waals surface area contributed by atoms with Crippen LogP contribution in [0.4, 0.5) is 11.5 Å². The average molecular weight is 291 g/mol. The standard InChI is InChI=1S/C16H25N3O2/c1-13(14-4-8-20-9-5-14)18-15-2-3-16(17-12-15)19-6-10-21-11-7-19/h2-3,12-14,18H,4-11H2,1H3/t13-/m1/s1. The Balaban J connectivity index is 1.56. The Bertz CT molecular complexity index is 426. The molecule has 3 heterocycles. The monoisotopic (exact) mass is 291 g/mol. The minimum absolute atomic E-state index is 0.463. The van der Waals surface area contributed by atoms with Crippen LogP contribution in [0, 0.1) is 5.92 Å². The molecule has 3 rings (SSSR count). The van der Waals surface area contributed by atoms with Gasteiger partial charge in [0.2, 0.25) is 0 Å². The van der Waals surface area contributed by atoms with E-state index < -0.39 is 0 Å². The van der Waals surface area contributed by atoms with Crippen LogP contribution in [0.5, 0.6) is 0 Å².